The molecule has 1 heterocycles. The quantitative estimate of drug-likeness (QED) is 0.831. The first-order chi connectivity index (χ1) is 10.1. The predicted molar refractivity (Wildman–Crippen MR) is 77.3 cm³/mol. The van der Waals surface area contributed by atoms with Crippen molar-refractivity contribution in [2.45, 2.75) is 31.2 Å². The maximum absolute atomic E-state index is 13.4. The summed E-state index contributed by atoms with van der Waals surface area (Å²) in [6, 6.07) is 6.17. The number of amides is 1. The van der Waals surface area contributed by atoms with E-state index in [1.807, 2.05) is 0 Å². The molecular formula is C14H16FN3O2S. The van der Waals surface area contributed by atoms with Crippen LogP contribution in [0.3, 0.4) is 0 Å². The number of carbonyl (C=O) groups is 1. The SMILES string of the molecule is Cc1noc([C@H](C)NC(=O)CCSc2ccccc2F)n1. The van der Waals surface area contributed by atoms with E-state index in [0.29, 0.717) is 22.4 Å². The monoisotopic (exact) mass is 309 g/mol. The molecule has 2 rings (SSSR count). The molecule has 0 aliphatic heterocycles. The molecule has 0 saturated carbocycles. The van der Waals surface area contributed by atoms with Gasteiger partial charge in [-0.2, -0.15) is 4.98 Å². The van der Waals surface area contributed by atoms with E-state index in [4.69, 9.17) is 4.52 Å². The molecule has 0 fully saturated rings. The summed E-state index contributed by atoms with van der Waals surface area (Å²) in [6.45, 7) is 3.49. The van der Waals surface area contributed by atoms with E-state index >= 15 is 0 Å². The number of aromatic nitrogens is 2. The molecule has 0 unspecified atom stereocenters. The highest BCUT2D eigenvalue weighted by Gasteiger charge is 2.15. The number of carbonyl (C=O) groups excluding carboxylic acids is 1. The molecule has 1 aromatic carbocycles. The van der Waals surface area contributed by atoms with E-state index in [2.05, 4.69) is 15.5 Å². The van der Waals surface area contributed by atoms with Gasteiger partial charge in [0.05, 0.1) is 0 Å². The third-order valence-electron chi connectivity index (χ3n) is 2.71. The van der Waals surface area contributed by atoms with Crippen molar-refractivity contribution in [3.05, 3.63) is 41.8 Å². The van der Waals surface area contributed by atoms with Crippen LogP contribution >= 0.6 is 11.8 Å². The first-order valence-electron chi connectivity index (χ1n) is 6.53. The minimum Gasteiger partial charge on any atom is -0.345 e. The van der Waals surface area contributed by atoms with Crippen LogP contribution in [0.5, 0.6) is 0 Å². The van der Waals surface area contributed by atoms with E-state index < -0.39 is 0 Å². The van der Waals surface area contributed by atoms with Crippen LogP contribution in [0, 0.1) is 12.7 Å². The minimum atomic E-state index is -0.336. The van der Waals surface area contributed by atoms with Gasteiger partial charge in [-0.15, -0.1) is 11.8 Å². The van der Waals surface area contributed by atoms with Crippen molar-refractivity contribution in [2.75, 3.05) is 5.75 Å². The van der Waals surface area contributed by atoms with Gasteiger partial charge in [-0.05, 0) is 26.0 Å². The van der Waals surface area contributed by atoms with Gasteiger partial charge in [0.15, 0.2) is 5.82 Å². The van der Waals surface area contributed by atoms with Crippen molar-refractivity contribution in [1.82, 2.24) is 15.5 Å². The number of halogens is 1. The third-order valence-corrected chi connectivity index (χ3v) is 3.76. The number of aryl methyl sites for hydroxylation is 1. The third kappa shape index (κ3) is 4.56. The Kier molecular flexibility index (Phi) is 5.32. The van der Waals surface area contributed by atoms with E-state index in [9.17, 15) is 9.18 Å². The lowest BCUT2D eigenvalue weighted by Gasteiger charge is -2.09. The van der Waals surface area contributed by atoms with Crippen LogP contribution in [0.2, 0.25) is 0 Å². The molecule has 5 nitrogen and oxygen atoms in total. The van der Waals surface area contributed by atoms with Gasteiger partial charge in [0.2, 0.25) is 11.8 Å². The summed E-state index contributed by atoms with van der Waals surface area (Å²) in [5.74, 6) is 1.01. The summed E-state index contributed by atoms with van der Waals surface area (Å²) in [5.41, 5.74) is 0. The van der Waals surface area contributed by atoms with E-state index in [0.717, 1.165) is 0 Å². The zero-order valence-electron chi connectivity index (χ0n) is 11.8. The van der Waals surface area contributed by atoms with Gasteiger partial charge in [0.25, 0.3) is 0 Å². The fraction of sp³-hybridized carbons (Fsp3) is 0.357. The number of hydrogen-bond acceptors (Lipinski definition) is 5. The van der Waals surface area contributed by atoms with Crippen molar-refractivity contribution in [1.29, 1.82) is 0 Å². The summed E-state index contributed by atoms with van der Waals surface area (Å²) < 4.78 is 18.4. The Balaban J connectivity index is 1.76. The topological polar surface area (TPSA) is 68.0 Å². The van der Waals surface area contributed by atoms with Gasteiger partial charge in [-0.3, -0.25) is 4.79 Å². The summed E-state index contributed by atoms with van der Waals surface area (Å²) in [4.78, 5) is 16.4. The average Bonchev–Trinajstić information content (AvgIpc) is 2.88. The number of nitrogens with zero attached hydrogens (tertiary/aromatic N) is 2. The lowest BCUT2D eigenvalue weighted by Crippen LogP contribution is -2.27. The number of benzene rings is 1. The normalized spacial score (nSPS) is 12.1. The lowest BCUT2D eigenvalue weighted by atomic mass is 10.3. The van der Waals surface area contributed by atoms with Crippen LogP contribution in [0.1, 0.15) is 31.1 Å². The highest BCUT2D eigenvalue weighted by molar-refractivity contribution is 7.99. The number of thioether (sulfide) groups is 1. The van der Waals surface area contributed by atoms with Gasteiger partial charge in [-0.25, -0.2) is 4.39 Å². The highest BCUT2D eigenvalue weighted by atomic mass is 32.2. The fourth-order valence-corrected chi connectivity index (χ4v) is 2.57. The smallest absolute Gasteiger partial charge is 0.248 e. The molecule has 0 radical (unpaired) electrons. The van der Waals surface area contributed by atoms with E-state index in [-0.39, 0.29) is 24.2 Å². The van der Waals surface area contributed by atoms with Crippen LogP contribution in [-0.2, 0) is 4.79 Å². The molecule has 112 valence electrons. The average molecular weight is 309 g/mol. The zero-order valence-corrected chi connectivity index (χ0v) is 12.6. The molecule has 1 amide bonds. The predicted octanol–water partition coefficient (Wildman–Crippen LogP) is 2.88. The Morgan fingerprint density at radius 1 is 1.48 bits per heavy atom. The second kappa shape index (κ2) is 7.21. The van der Waals surface area contributed by atoms with E-state index in [1.165, 1.54) is 17.8 Å². The Bertz CT molecular complexity index is 618. The minimum absolute atomic E-state index is 0.137. The summed E-state index contributed by atoms with van der Waals surface area (Å²) in [5, 5.41) is 6.44. The van der Waals surface area contributed by atoms with E-state index in [1.54, 1.807) is 32.0 Å². The molecule has 2 aromatic rings. The van der Waals surface area contributed by atoms with Gasteiger partial charge < -0.3 is 9.84 Å². The molecule has 21 heavy (non-hydrogen) atoms. The van der Waals surface area contributed by atoms with Crippen molar-refractivity contribution in [3.8, 4) is 0 Å². The lowest BCUT2D eigenvalue weighted by molar-refractivity contribution is -0.121. The molecule has 0 aliphatic rings. The second-order valence-electron chi connectivity index (χ2n) is 4.50. The molecular weight excluding hydrogens is 293 g/mol. The van der Waals surface area contributed by atoms with Crippen LogP contribution < -0.4 is 5.32 Å². The summed E-state index contributed by atoms with van der Waals surface area (Å²) >= 11 is 1.32. The van der Waals surface area contributed by atoms with Crippen LogP contribution in [0.4, 0.5) is 4.39 Å². The maximum Gasteiger partial charge on any atom is 0.248 e. The van der Waals surface area contributed by atoms with Crippen LogP contribution in [0.25, 0.3) is 0 Å². The van der Waals surface area contributed by atoms with Crippen molar-refractivity contribution in [3.63, 3.8) is 0 Å². The largest absolute Gasteiger partial charge is 0.345 e. The van der Waals surface area contributed by atoms with Gasteiger partial charge >= 0.3 is 0 Å². The Hall–Kier alpha value is -1.89. The Labute approximate surface area is 126 Å². The molecule has 1 N–H and O–H groups in total. The zero-order chi connectivity index (χ0) is 15.2. The molecule has 0 aliphatic carbocycles. The highest BCUT2D eigenvalue weighted by Crippen LogP contribution is 2.21. The van der Waals surface area contributed by atoms with Crippen molar-refractivity contribution in [2.24, 2.45) is 0 Å². The molecule has 7 heteroatoms. The fourth-order valence-electron chi connectivity index (χ4n) is 1.68. The van der Waals surface area contributed by atoms with Crippen molar-refractivity contribution < 1.29 is 13.7 Å². The Morgan fingerprint density at radius 2 is 2.24 bits per heavy atom. The maximum atomic E-state index is 13.4. The molecule has 0 spiro atoms. The standard InChI is InChI=1S/C14H16FN3O2S/c1-9(14-17-10(2)18-20-14)16-13(19)7-8-21-12-6-4-3-5-11(12)15/h3-6,9H,7-8H2,1-2H3,(H,16,19)/t9-/m0/s1. The van der Waals surface area contributed by atoms with Gasteiger partial charge in [0, 0.05) is 17.1 Å². The number of nitrogens with one attached hydrogen (secondary N) is 1. The van der Waals surface area contributed by atoms with Crippen molar-refractivity contribution >= 4 is 17.7 Å². The number of rotatable bonds is 6. The first kappa shape index (κ1) is 15.5. The van der Waals surface area contributed by atoms with Gasteiger partial charge in [0.1, 0.15) is 11.9 Å². The van der Waals surface area contributed by atoms with Gasteiger partial charge in [-0.1, -0.05) is 17.3 Å². The van der Waals surface area contributed by atoms with Crippen LogP contribution in [-0.4, -0.2) is 21.8 Å². The molecule has 0 saturated heterocycles. The summed E-state index contributed by atoms with van der Waals surface area (Å²) in [7, 11) is 0. The Morgan fingerprint density at radius 3 is 2.90 bits per heavy atom. The number of hydrogen-bond donors (Lipinski definition) is 1. The van der Waals surface area contributed by atoms with Crippen LogP contribution in [0.15, 0.2) is 33.7 Å². The molecule has 1 aromatic heterocycles. The molecule has 1 atom stereocenters. The summed E-state index contributed by atoms with van der Waals surface area (Å²) in [6.07, 6.45) is 0.288. The first-order valence-corrected chi connectivity index (χ1v) is 7.51. The second-order valence-corrected chi connectivity index (χ2v) is 5.63. The molecule has 0 bridgehead atoms.